The second-order valence-corrected chi connectivity index (χ2v) is 7.86. The van der Waals surface area contributed by atoms with Gasteiger partial charge in [-0.25, -0.2) is 13.4 Å². The number of rotatable bonds is 4. The number of benzene rings is 1. The summed E-state index contributed by atoms with van der Waals surface area (Å²) in [5, 5.41) is 10.7. The summed E-state index contributed by atoms with van der Waals surface area (Å²) in [7, 11) is -3.34. The van der Waals surface area contributed by atoms with Gasteiger partial charge < -0.3 is 5.11 Å². The molecule has 128 valence electrons. The van der Waals surface area contributed by atoms with Crippen LogP contribution in [-0.4, -0.2) is 35.9 Å². The van der Waals surface area contributed by atoms with Crippen LogP contribution in [0, 0.1) is 11.8 Å². The molecule has 2 heterocycles. The third-order valence-corrected chi connectivity index (χ3v) is 4.73. The molecule has 0 aliphatic rings. The minimum absolute atomic E-state index is 0.181. The van der Waals surface area contributed by atoms with Gasteiger partial charge in [0.05, 0.1) is 16.8 Å². The first kappa shape index (κ1) is 17.2. The number of aliphatic hydroxyl groups is 1. The van der Waals surface area contributed by atoms with Crippen molar-refractivity contribution in [1.82, 2.24) is 9.55 Å². The summed E-state index contributed by atoms with van der Waals surface area (Å²) >= 11 is 1.50. The number of aliphatic hydroxyl groups excluding tert-OH is 1. The molecule has 0 unspecified atom stereocenters. The molecule has 0 bridgehead atoms. The van der Waals surface area contributed by atoms with Crippen molar-refractivity contribution in [3.8, 4) is 28.2 Å². The molecule has 0 aliphatic carbocycles. The van der Waals surface area contributed by atoms with Crippen molar-refractivity contribution in [2.24, 2.45) is 0 Å². The fraction of sp³-hybridized carbons (Fsp3) is 0.118. The van der Waals surface area contributed by atoms with E-state index < -0.39 is 10.0 Å². The van der Waals surface area contributed by atoms with Gasteiger partial charge in [-0.1, -0.05) is 17.9 Å². The van der Waals surface area contributed by atoms with Crippen LogP contribution in [0.1, 0.15) is 5.56 Å². The lowest BCUT2D eigenvalue weighted by Gasteiger charge is -2.09. The fourth-order valence-corrected chi connectivity index (χ4v) is 3.68. The monoisotopic (exact) mass is 373 g/mol. The molecule has 8 heteroatoms. The van der Waals surface area contributed by atoms with Crippen molar-refractivity contribution in [3.05, 3.63) is 53.7 Å². The molecule has 0 amide bonds. The molecule has 0 aliphatic heterocycles. The molecular weight excluding hydrogens is 358 g/mol. The fourth-order valence-electron chi connectivity index (χ4n) is 2.29. The zero-order valence-electron chi connectivity index (χ0n) is 13.3. The first-order valence-electron chi connectivity index (χ1n) is 7.26. The van der Waals surface area contributed by atoms with E-state index in [0.29, 0.717) is 5.69 Å². The lowest BCUT2D eigenvalue weighted by atomic mass is 10.2. The molecule has 3 rings (SSSR count). The third kappa shape index (κ3) is 4.28. The Kier molecular flexibility index (Phi) is 4.90. The van der Waals surface area contributed by atoms with Gasteiger partial charge in [-0.2, -0.15) is 0 Å². The molecule has 0 atom stereocenters. The third-order valence-electron chi connectivity index (χ3n) is 3.20. The Balaban J connectivity index is 1.97. The number of thiophene rings is 1. The lowest BCUT2D eigenvalue weighted by Crippen LogP contribution is -2.09. The smallest absolute Gasteiger partial charge is 0.229 e. The standard InChI is InChI=1S/C17H15N3O3S2/c1-25(22,23)19-14-5-2-6-15(11-14)20-8-7-18-17(20)16-10-13(12-24-16)4-3-9-21/h2,5-8,10-12,19,21H,9H2,1H3. The number of nitrogens with zero attached hydrogens (tertiary/aromatic N) is 2. The van der Waals surface area contributed by atoms with Crippen LogP contribution in [0.5, 0.6) is 0 Å². The molecule has 0 fully saturated rings. The molecule has 0 saturated heterocycles. The summed E-state index contributed by atoms with van der Waals surface area (Å²) in [5.41, 5.74) is 2.09. The van der Waals surface area contributed by atoms with Crippen LogP contribution in [0.3, 0.4) is 0 Å². The molecular formula is C17H15N3O3S2. The van der Waals surface area contributed by atoms with E-state index in [9.17, 15) is 8.42 Å². The Morgan fingerprint density at radius 2 is 2.20 bits per heavy atom. The van der Waals surface area contributed by atoms with Crippen LogP contribution in [0.2, 0.25) is 0 Å². The summed E-state index contributed by atoms with van der Waals surface area (Å²) in [5.74, 6) is 6.22. The van der Waals surface area contributed by atoms with E-state index in [1.807, 2.05) is 28.3 Å². The maximum absolute atomic E-state index is 11.4. The largest absolute Gasteiger partial charge is 0.384 e. The minimum Gasteiger partial charge on any atom is -0.384 e. The van der Waals surface area contributed by atoms with Crippen molar-refractivity contribution in [3.63, 3.8) is 0 Å². The first-order valence-corrected chi connectivity index (χ1v) is 10.0. The van der Waals surface area contributed by atoms with E-state index in [1.165, 1.54) is 11.3 Å². The summed E-state index contributed by atoms with van der Waals surface area (Å²) in [6.45, 7) is -0.181. The Morgan fingerprint density at radius 3 is 2.96 bits per heavy atom. The van der Waals surface area contributed by atoms with E-state index in [2.05, 4.69) is 21.5 Å². The Labute approximate surface area is 149 Å². The maximum Gasteiger partial charge on any atom is 0.229 e. The molecule has 1 aromatic carbocycles. The molecule has 25 heavy (non-hydrogen) atoms. The lowest BCUT2D eigenvalue weighted by molar-refractivity contribution is 0.350. The van der Waals surface area contributed by atoms with Gasteiger partial charge in [-0.15, -0.1) is 11.3 Å². The van der Waals surface area contributed by atoms with Crippen molar-refractivity contribution < 1.29 is 13.5 Å². The number of hydrogen-bond donors (Lipinski definition) is 2. The highest BCUT2D eigenvalue weighted by atomic mass is 32.2. The predicted molar refractivity (Wildman–Crippen MR) is 99.3 cm³/mol. The van der Waals surface area contributed by atoms with Gasteiger partial charge in [-0.05, 0) is 24.3 Å². The SMILES string of the molecule is CS(=O)(=O)Nc1cccc(-n2ccnc2-c2cc(C#CCO)cs2)c1. The second kappa shape index (κ2) is 7.11. The van der Waals surface area contributed by atoms with E-state index in [0.717, 1.165) is 28.2 Å². The molecule has 0 spiro atoms. The van der Waals surface area contributed by atoms with Crippen LogP contribution in [0.4, 0.5) is 5.69 Å². The van der Waals surface area contributed by atoms with Crippen LogP contribution in [-0.2, 0) is 10.0 Å². The van der Waals surface area contributed by atoms with Gasteiger partial charge >= 0.3 is 0 Å². The minimum atomic E-state index is -3.34. The predicted octanol–water partition coefficient (Wildman–Crippen LogP) is 2.32. The summed E-state index contributed by atoms with van der Waals surface area (Å²) in [4.78, 5) is 5.32. The van der Waals surface area contributed by atoms with Crippen molar-refractivity contribution in [2.75, 3.05) is 17.6 Å². The maximum atomic E-state index is 11.4. The Morgan fingerprint density at radius 1 is 1.36 bits per heavy atom. The zero-order chi connectivity index (χ0) is 17.9. The van der Waals surface area contributed by atoms with Crippen LogP contribution >= 0.6 is 11.3 Å². The Hall–Kier alpha value is -2.60. The molecule has 2 N–H and O–H groups in total. The second-order valence-electron chi connectivity index (χ2n) is 5.20. The van der Waals surface area contributed by atoms with E-state index in [4.69, 9.17) is 5.11 Å². The zero-order valence-corrected chi connectivity index (χ0v) is 14.9. The number of anilines is 1. The first-order chi connectivity index (χ1) is 12.0. The average molecular weight is 373 g/mol. The van der Waals surface area contributed by atoms with Crippen LogP contribution < -0.4 is 4.72 Å². The van der Waals surface area contributed by atoms with E-state index in [1.54, 1.807) is 24.4 Å². The van der Waals surface area contributed by atoms with Gasteiger partial charge in [0.15, 0.2) is 5.82 Å². The number of hydrogen-bond acceptors (Lipinski definition) is 5. The Bertz CT molecular complexity index is 1060. The topological polar surface area (TPSA) is 84.2 Å². The molecule has 0 radical (unpaired) electrons. The van der Waals surface area contributed by atoms with Crippen LogP contribution in [0.25, 0.3) is 16.4 Å². The molecule has 6 nitrogen and oxygen atoms in total. The highest BCUT2D eigenvalue weighted by Gasteiger charge is 2.11. The van der Waals surface area contributed by atoms with Crippen LogP contribution in [0.15, 0.2) is 48.1 Å². The number of sulfonamides is 1. The van der Waals surface area contributed by atoms with Crippen molar-refractivity contribution >= 4 is 27.0 Å². The normalized spacial score (nSPS) is 11.0. The van der Waals surface area contributed by atoms with E-state index >= 15 is 0 Å². The number of aromatic nitrogens is 2. The highest BCUT2D eigenvalue weighted by Crippen LogP contribution is 2.28. The van der Waals surface area contributed by atoms with Crippen molar-refractivity contribution in [2.45, 2.75) is 0 Å². The number of nitrogens with one attached hydrogen (secondary N) is 1. The van der Waals surface area contributed by atoms with Gasteiger partial charge in [0.25, 0.3) is 0 Å². The van der Waals surface area contributed by atoms with Gasteiger partial charge in [0.2, 0.25) is 10.0 Å². The highest BCUT2D eigenvalue weighted by molar-refractivity contribution is 7.92. The molecule has 3 aromatic rings. The summed E-state index contributed by atoms with van der Waals surface area (Å²) < 4.78 is 27.2. The van der Waals surface area contributed by atoms with Gasteiger partial charge in [0, 0.05) is 29.0 Å². The molecule has 2 aromatic heterocycles. The quantitative estimate of drug-likeness (QED) is 0.688. The number of imidazole rings is 1. The summed E-state index contributed by atoms with van der Waals surface area (Å²) in [6.07, 6.45) is 4.61. The molecule has 0 saturated carbocycles. The van der Waals surface area contributed by atoms with Gasteiger partial charge in [0.1, 0.15) is 6.61 Å². The van der Waals surface area contributed by atoms with Crippen molar-refractivity contribution in [1.29, 1.82) is 0 Å². The average Bonchev–Trinajstić information content (AvgIpc) is 3.20. The van der Waals surface area contributed by atoms with E-state index in [-0.39, 0.29) is 6.61 Å². The summed E-state index contributed by atoms with van der Waals surface area (Å²) in [6, 6.07) is 8.99. The van der Waals surface area contributed by atoms with Gasteiger partial charge in [-0.3, -0.25) is 9.29 Å².